The lowest BCUT2D eigenvalue weighted by atomic mass is 10.1. The van der Waals surface area contributed by atoms with Gasteiger partial charge in [0.05, 0.1) is 0 Å². The van der Waals surface area contributed by atoms with Gasteiger partial charge in [0, 0.05) is 19.5 Å². The molecule has 0 aliphatic heterocycles. The number of carboxylic acids is 1. The van der Waals surface area contributed by atoms with E-state index in [0.717, 1.165) is 0 Å². The van der Waals surface area contributed by atoms with Crippen LogP contribution in [0.4, 0.5) is 4.79 Å². The van der Waals surface area contributed by atoms with Gasteiger partial charge in [0.2, 0.25) is 5.91 Å². The third-order valence-electron chi connectivity index (χ3n) is 2.23. The van der Waals surface area contributed by atoms with Crippen molar-refractivity contribution >= 4 is 17.9 Å². The topological polar surface area (TPSA) is 108 Å². The quantitative estimate of drug-likeness (QED) is 0.513. The second-order valence-corrected chi connectivity index (χ2v) is 4.17. The summed E-state index contributed by atoms with van der Waals surface area (Å²) in [5.74, 6) is -1.32. The Bertz CT molecular complexity index is 307. The van der Waals surface area contributed by atoms with Crippen molar-refractivity contribution in [2.75, 3.05) is 13.1 Å². The molecule has 0 aromatic heterocycles. The van der Waals surface area contributed by atoms with Gasteiger partial charge in [-0.2, -0.15) is 0 Å². The summed E-state index contributed by atoms with van der Waals surface area (Å²) in [5, 5.41) is 16.1. The monoisotopic (exact) mass is 259 g/mol. The molecule has 0 aliphatic carbocycles. The van der Waals surface area contributed by atoms with Gasteiger partial charge < -0.3 is 21.1 Å². The lowest BCUT2D eigenvalue weighted by Gasteiger charge is -2.15. The van der Waals surface area contributed by atoms with Crippen LogP contribution in [0.5, 0.6) is 0 Å². The van der Waals surface area contributed by atoms with E-state index >= 15 is 0 Å². The minimum atomic E-state index is -0.902. The van der Waals surface area contributed by atoms with Crippen molar-refractivity contribution in [1.29, 1.82) is 0 Å². The predicted molar refractivity (Wildman–Crippen MR) is 66.1 cm³/mol. The van der Waals surface area contributed by atoms with E-state index in [-0.39, 0.29) is 24.8 Å². The fraction of sp³-hybridized carbons (Fsp3) is 0.727. The molecule has 0 saturated carbocycles. The standard InChI is InChI=1S/C11H21N3O4/c1-4-12-10(17)8(3)14-11(18)13-6-7(2)5-9(15)16/h7-8H,4-6H2,1-3H3,(H,12,17)(H,15,16)(H2,13,14,18). The molecule has 0 rings (SSSR count). The number of carbonyl (C=O) groups excluding carboxylic acids is 2. The van der Waals surface area contributed by atoms with Crippen molar-refractivity contribution in [2.45, 2.75) is 33.2 Å². The van der Waals surface area contributed by atoms with Crippen LogP contribution in [0, 0.1) is 5.92 Å². The number of likely N-dealkylation sites (N-methyl/N-ethyl adjacent to an activating group) is 1. The van der Waals surface area contributed by atoms with Gasteiger partial charge in [0.25, 0.3) is 0 Å². The summed E-state index contributed by atoms with van der Waals surface area (Å²) in [4.78, 5) is 33.1. The SMILES string of the molecule is CCNC(=O)C(C)NC(=O)NCC(C)CC(=O)O. The Labute approximate surface area is 106 Å². The average molecular weight is 259 g/mol. The normalized spacial score (nSPS) is 13.3. The minimum Gasteiger partial charge on any atom is -0.481 e. The van der Waals surface area contributed by atoms with Crippen LogP contribution in [0.25, 0.3) is 0 Å². The first-order chi connectivity index (χ1) is 8.36. The molecule has 18 heavy (non-hydrogen) atoms. The zero-order valence-corrected chi connectivity index (χ0v) is 10.9. The molecule has 0 radical (unpaired) electrons. The second-order valence-electron chi connectivity index (χ2n) is 4.17. The third kappa shape index (κ3) is 7.48. The summed E-state index contributed by atoms with van der Waals surface area (Å²) in [6.07, 6.45) is -0.00778. The Kier molecular flexibility index (Phi) is 7.50. The predicted octanol–water partition coefficient (Wildman–Crippen LogP) is -0.0790. The van der Waals surface area contributed by atoms with Gasteiger partial charge in [0.15, 0.2) is 0 Å². The van der Waals surface area contributed by atoms with Crippen LogP contribution in [0.15, 0.2) is 0 Å². The van der Waals surface area contributed by atoms with Gasteiger partial charge in [-0.1, -0.05) is 6.92 Å². The highest BCUT2D eigenvalue weighted by molar-refractivity contribution is 5.86. The molecule has 0 fully saturated rings. The number of aliphatic carboxylic acids is 1. The first-order valence-electron chi connectivity index (χ1n) is 5.90. The molecule has 104 valence electrons. The highest BCUT2D eigenvalue weighted by Gasteiger charge is 2.15. The molecule has 4 N–H and O–H groups in total. The minimum absolute atomic E-state index is 0.00778. The molecule has 0 aromatic carbocycles. The maximum Gasteiger partial charge on any atom is 0.315 e. The molecule has 2 unspecified atom stereocenters. The number of carbonyl (C=O) groups is 3. The van der Waals surface area contributed by atoms with E-state index < -0.39 is 18.0 Å². The number of rotatable bonds is 7. The molecular weight excluding hydrogens is 238 g/mol. The van der Waals surface area contributed by atoms with Crippen molar-refractivity contribution < 1.29 is 19.5 Å². The Morgan fingerprint density at radius 1 is 1.17 bits per heavy atom. The van der Waals surface area contributed by atoms with Crippen molar-refractivity contribution in [1.82, 2.24) is 16.0 Å². The van der Waals surface area contributed by atoms with Crippen LogP contribution in [0.2, 0.25) is 0 Å². The number of urea groups is 1. The van der Waals surface area contributed by atoms with Crippen molar-refractivity contribution in [3.63, 3.8) is 0 Å². The highest BCUT2D eigenvalue weighted by atomic mass is 16.4. The lowest BCUT2D eigenvalue weighted by Crippen LogP contribution is -2.49. The molecule has 0 aliphatic rings. The van der Waals surface area contributed by atoms with Crippen molar-refractivity contribution in [3.8, 4) is 0 Å². The Hall–Kier alpha value is -1.79. The molecule has 0 spiro atoms. The summed E-state index contributed by atoms with van der Waals surface area (Å²) in [7, 11) is 0. The van der Waals surface area contributed by atoms with Gasteiger partial charge in [0.1, 0.15) is 6.04 Å². The number of nitrogens with one attached hydrogen (secondary N) is 3. The van der Waals surface area contributed by atoms with Crippen LogP contribution < -0.4 is 16.0 Å². The van der Waals surface area contributed by atoms with Crippen LogP contribution >= 0.6 is 0 Å². The van der Waals surface area contributed by atoms with Crippen LogP contribution in [0.3, 0.4) is 0 Å². The van der Waals surface area contributed by atoms with Gasteiger partial charge >= 0.3 is 12.0 Å². The fourth-order valence-corrected chi connectivity index (χ4v) is 1.28. The van der Waals surface area contributed by atoms with Crippen molar-refractivity contribution in [2.24, 2.45) is 5.92 Å². The number of hydrogen-bond acceptors (Lipinski definition) is 3. The van der Waals surface area contributed by atoms with Crippen molar-refractivity contribution in [3.05, 3.63) is 0 Å². The summed E-state index contributed by atoms with van der Waals surface area (Å²) >= 11 is 0. The van der Waals surface area contributed by atoms with Gasteiger partial charge in [-0.05, 0) is 19.8 Å². The Morgan fingerprint density at radius 3 is 2.28 bits per heavy atom. The molecule has 0 saturated heterocycles. The van der Waals surface area contributed by atoms with E-state index in [0.29, 0.717) is 6.54 Å². The zero-order chi connectivity index (χ0) is 14.1. The third-order valence-corrected chi connectivity index (χ3v) is 2.23. The van der Waals surface area contributed by atoms with E-state index in [2.05, 4.69) is 16.0 Å². The van der Waals surface area contributed by atoms with E-state index in [9.17, 15) is 14.4 Å². The van der Waals surface area contributed by atoms with E-state index in [1.807, 2.05) is 0 Å². The highest BCUT2D eigenvalue weighted by Crippen LogP contribution is 1.98. The molecule has 3 amide bonds. The van der Waals surface area contributed by atoms with E-state index in [1.54, 1.807) is 20.8 Å². The van der Waals surface area contributed by atoms with Crippen LogP contribution in [-0.4, -0.2) is 42.1 Å². The molecule has 0 bridgehead atoms. The Morgan fingerprint density at radius 2 is 1.78 bits per heavy atom. The maximum atomic E-state index is 11.4. The summed E-state index contributed by atoms with van der Waals surface area (Å²) in [5.41, 5.74) is 0. The zero-order valence-electron chi connectivity index (χ0n) is 10.9. The first-order valence-corrected chi connectivity index (χ1v) is 5.90. The van der Waals surface area contributed by atoms with Gasteiger partial charge in [-0.25, -0.2) is 4.79 Å². The summed E-state index contributed by atoms with van der Waals surface area (Å²) < 4.78 is 0. The van der Waals surface area contributed by atoms with Gasteiger partial charge in [-0.15, -0.1) is 0 Å². The summed E-state index contributed by atoms with van der Waals surface area (Å²) in [6.45, 7) is 5.84. The molecule has 7 nitrogen and oxygen atoms in total. The number of amides is 3. The number of carboxylic acid groups (broad SMARTS) is 1. The molecule has 7 heteroatoms. The first kappa shape index (κ1) is 16.2. The molecular formula is C11H21N3O4. The van der Waals surface area contributed by atoms with Crippen LogP contribution in [0.1, 0.15) is 27.2 Å². The Balaban J connectivity index is 3.90. The average Bonchev–Trinajstić information content (AvgIpc) is 2.25. The largest absolute Gasteiger partial charge is 0.481 e. The van der Waals surface area contributed by atoms with E-state index in [1.165, 1.54) is 0 Å². The smallest absolute Gasteiger partial charge is 0.315 e. The van der Waals surface area contributed by atoms with Crippen LogP contribution in [-0.2, 0) is 9.59 Å². The molecule has 0 aromatic rings. The molecule has 0 heterocycles. The summed E-state index contributed by atoms with van der Waals surface area (Å²) in [6, 6.07) is -1.11. The van der Waals surface area contributed by atoms with E-state index in [4.69, 9.17) is 5.11 Å². The lowest BCUT2D eigenvalue weighted by molar-refractivity contribution is -0.137. The maximum absolute atomic E-state index is 11.4. The number of hydrogen-bond donors (Lipinski definition) is 4. The van der Waals surface area contributed by atoms with Gasteiger partial charge in [-0.3, -0.25) is 9.59 Å². The molecule has 2 atom stereocenters. The fourth-order valence-electron chi connectivity index (χ4n) is 1.28. The second kappa shape index (κ2) is 8.32.